The van der Waals surface area contributed by atoms with Crippen molar-refractivity contribution in [1.29, 1.82) is 0 Å². The smallest absolute Gasteiger partial charge is 0.0269 e. The van der Waals surface area contributed by atoms with E-state index >= 15 is 0 Å². The third kappa shape index (κ3) is 1.84. The Morgan fingerprint density at radius 2 is 1.25 bits per heavy atom. The van der Waals surface area contributed by atoms with Crippen molar-refractivity contribution in [3.63, 3.8) is 0 Å². The van der Waals surface area contributed by atoms with Gasteiger partial charge >= 0.3 is 0 Å². The molecule has 0 aliphatic carbocycles. The highest BCUT2D eigenvalue weighted by Gasteiger charge is 2.08. The van der Waals surface area contributed by atoms with Gasteiger partial charge in [-0.15, -0.1) is 0 Å². The van der Waals surface area contributed by atoms with Gasteiger partial charge in [0.25, 0.3) is 0 Å². The van der Waals surface area contributed by atoms with Gasteiger partial charge < -0.3 is 11.5 Å². The number of benzene rings is 1. The fourth-order valence-corrected chi connectivity index (χ4v) is 1.34. The quantitative estimate of drug-likeness (QED) is 0.699. The van der Waals surface area contributed by atoms with Crippen molar-refractivity contribution >= 4 is 0 Å². The molecule has 0 aliphatic rings. The van der Waals surface area contributed by atoms with Crippen LogP contribution in [0.3, 0.4) is 0 Å². The van der Waals surface area contributed by atoms with E-state index in [9.17, 15) is 0 Å². The molecule has 2 heteroatoms. The molecule has 2 nitrogen and oxygen atoms in total. The van der Waals surface area contributed by atoms with Gasteiger partial charge in [0.05, 0.1) is 0 Å². The van der Waals surface area contributed by atoms with Gasteiger partial charge in [-0.1, -0.05) is 24.3 Å². The van der Waals surface area contributed by atoms with Gasteiger partial charge in [-0.3, -0.25) is 0 Å². The first-order valence-corrected chi connectivity index (χ1v) is 4.23. The molecule has 0 fully saturated rings. The van der Waals surface area contributed by atoms with Crippen molar-refractivity contribution in [3.05, 3.63) is 35.4 Å². The van der Waals surface area contributed by atoms with Crippen LogP contribution >= 0.6 is 0 Å². The van der Waals surface area contributed by atoms with Crippen LogP contribution in [-0.2, 0) is 0 Å². The second-order valence-corrected chi connectivity index (χ2v) is 3.21. The molecule has 0 bridgehead atoms. The molecule has 66 valence electrons. The molecule has 0 aromatic heterocycles. The lowest BCUT2D eigenvalue weighted by Gasteiger charge is -2.14. The van der Waals surface area contributed by atoms with E-state index in [0.29, 0.717) is 0 Å². The highest BCUT2D eigenvalue weighted by molar-refractivity contribution is 5.31. The van der Waals surface area contributed by atoms with Crippen LogP contribution in [0.5, 0.6) is 0 Å². The summed E-state index contributed by atoms with van der Waals surface area (Å²) in [6.07, 6.45) is 0. The lowest BCUT2D eigenvalue weighted by atomic mass is 9.98. The van der Waals surface area contributed by atoms with E-state index in [1.165, 1.54) is 0 Å². The van der Waals surface area contributed by atoms with Gasteiger partial charge in [-0.05, 0) is 25.0 Å². The second kappa shape index (κ2) is 3.70. The van der Waals surface area contributed by atoms with Crippen LogP contribution in [0, 0.1) is 0 Å². The number of hydrogen-bond acceptors (Lipinski definition) is 2. The summed E-state index contributed by atoms with van der Waals surface area (Å²) in [5, 5.41) is 0. The van der Waals surface area contributed by atoms with Gasteiger partial charge in [0.2, 0.25) is 0 Å². The van der Waals surface area contributed by atoms with Crippen molar-refractivity contribution in [2.45, 2.75) is 25.9 Å². The standard InChI is InChI=1S/C10H16N2/c1-7(11)9-5-3-4-6-10(9)8(2)12/h3-8H,11-12H2,1-2H3/t7-,8-/m1/s1. The van der Waals surface area contributed by atoms with E-state index in [-0.39, 0.29) is 12.1 Å². The molecule has 4 N–H and O–H groups in total. The number of nitrogens with two attached hydrogens (primary N) is 2. The van der Waals surface area contributed by atoms with E-state index in [0.717, 1.165) is 11.1 Å². The molecule has 0 spiro atoms. The van der Waals surface area contributed by atoms with Gasteiger partial charge in [-0.2, -0.15) is 0 Å². The van der Waals surface area contributed by atoms with E-state index in [1.54, 1.807) is 0 Å². The Hall–Kier alpha value is -0.860. The fourth-order valence-electron chi connectivity index (χ4n) is 1.34. The minimum absolute atomic E-state index is 0.0622. The molecule has 0 amide bonds. The van der Waals surface area contributed by atoms with Crippen LogP contribution in [0.15, 0.2) is 24.3 Å². The third-order valence-electron chi connectivity index (χ3n) is 1.98. The predicted molar refractivity (Wildman–Crippen MR) is 51.6 cm³/mol. The Kier molecular flexibility index (Phi) is 2.84. The van der Waals surface area contributed by atoms with Crippen LogP contribution in [0.1, 0.15) is 37.1 Å². The molecule has 0 aliphatic heterocycles. The maximum atomic E-state index is 5.80. The minimum atomic E-state index is 0.0622. The molecule has 12 heavy (non-hydrogen) atoms. The summed E-state index contributed by atoms with van der Waals surface area (Å²) in [5.41, 5.74) is 13.9. The third-order valence-corrected chi connectivity index (χ3v) is 1.98. The topological polar surface area (TPSA) is 52.0 Å². The maximum absolute atomic E-state index is 5.80. The summed E-state index contributed by atoms with van der Waals surface area (Å²) in [4.78, 5) is 0. The second-order valence-electron chi connectivity index (χ2n) is 3.21. The number of hydrogen-bond donors (Lipinski definition) is 2. The SMILES string of the molecule is C[C@@H](N)c1ccccc1[C@@H](C)N. The average molecular weight is 164 g/mol. The van der Waals surface area contributed by atoms with E-state index in [4.69, 9.17) is 11.5 Å². The largest absolute Gasteiger partial charge is 0.324 e. The Morgan fingerprint density at radius 1 is 0.917 bits per heavy atom. The summed E-state index contributed by atoms with van der Waals surface area (Å²) in [6.45, 7) is 3.95. The monoisotopic (exact) mass is 164 g/mol. The minimum Gasteiger partial charge on any atom is -0.324 e. The summed E-state index contributed by atoms with van der Waals surface area (Å²) in [6, 6.07) is 8.17. The van der Waals surface area contributed by atoms with Crippen molar-refractivity contribution < 1.29 is 0 Å². The van der Waals surface area contributed by atoms with E-state index in [2.05, 4.69) is 0 Å². The van der Waals surface area contributed by atoms with Crippen LogP contribution in [0.2, 0.25) is 0 Å². The maximum Gasteiger partial charge on any atom is 0.0269 e. The van der Waals surface area contributed by atoms with Crippen LogP contribution < -0.4 is 11.5 Å². The Morgan fingerprint density at radius 3 is 1.50 bits per heavy atom. The highest BCUT2D eigenvalue weighted by Crippen LogP contribution is 2.20. The molecule has 2 atom stereocenters. The molecule has 0 saturated carbocycles. The van der Waals surface area contributed by atoms with Gasteiger partial charge in [0.15, 0.2) is 0 Å². The first kappa shape index (κ1) is 9.23. The lowest BCUT2D eigenvalue weighted by Crippen LogP contribution is -2.13. The van der Waals surface area contributed by atoms with Crippen LogP contribution in [0.25, 0.3) is 0 Å². The van der Waals surface area contributed by atoms with Crippen molar-refractivity contribution in [3.8, 4) is 0 Å². The van der Waals surface area contributed by atoms with Crippen LogP contribution in [-0.4, -0.2) is 0 Å². The summed E-state index contributed by atoms with van der Waals surface area (Å²) in [5.74, 6) is 0. The van der Waals surface area contributed by atoms with Crippen molar-refractivity contribution in [2.75, 3.05) is 0 Å². The Bertz CT molecular complexity index is 227. The van der Waals surface area contributed by atoms with Crippen molar-refractivity contribution in [1.82, 2.24) is 0 Å². The molecular formula is C10H16N2. The summed E-state index contributed by atoms with van der Waals surface area (Å²) < 4.78 is 0. The predicted octanol–water partition coefficient (Wildman–Crippen LogP) is 1.73. The van der Waals surface area contributed by atoms with Crippen LogP contribution in [0.4, 0.5) is 0 Å². The first-order valence-electron chi connectivity index (χ1n) is 4.23. The molecule has 0 unspecified atom stereocenters. The zero-order chi connectivity index (χ0) is 9.14. The Balaban J connectivity index is 3.09. The first-order chi connectivity index (χ1) is 5.63. The molecule has 0 heterocycles. The Labute approximate surface area is 73.6 Å². The number of rotatable bonds is 2. The highest BCUT2D eigenvalue weighted by atomic mass is 14.6. The van der Waals surface area contributed by atoms with Gasteiger partial charge in [0.1, 0.15) is 0 Å². The van der Waals surface area contributed by atoms with Crippen molar-refractivity contribution in [2.24, 2.45) is 11.5 Å². The molecular weight excluding hydrogens is 148 g/mol. The molecule has 1 rings (SSSR count). The van der Waals surface area contributed by atoms with E-state index in [1.807, 2.05) is 38.1 Å². The van der Waals surface area contributed by atoms with Gasteiger partial charge in [0, 0.05) is 12.1 Å². The molecule has 1 aromatic carbocycles. The molecule has 0 radical (unpaired) electrons. The van der Waals surface area contributed by atoms with Gasteiger partial charge in [-0.25, -0.2) is 0 Å². The lowest BCUT2D eigenvalue weighted by molar-refractivity contribution is 0.747. The zero-order valence-corrected chi connectivity index (χ0v) is 7.62. The average Bonchev–Trinajstić information content (AvgIpc) is 2.04. The fraction of sp³-hybridized carbons (Fsp3) is 0.400. The molecule has 0 saturated heterocycles. The summed E-state index contributed by atoms with van der Waals surface area (Å²) >= 11 is 0. The zero-order valence-electron chi connectivity index (χ0n) is 7.62. The van der Waals surface area contributed by atoms with E-state index < -0.39 is 0 Å². The normalized spacial score (nSPS) is 15.7. The molecule has 1 aromatic rings. The summed E-state index contributed by atoms with van der Waals surface area (Å²) in [7, 11) is 0.